The van der Waals surface area contributed by atoms with Crippen molar-refractivity contribution in [1.29, 1.82) is 0 Å². The van der Waals surface area contributed by atoms with Crippen LogP contribution in [0, 0.1) is 5.82 Å². The summed E-state index contributed by atoms with van der Waals surface area (Å²) in [5.41, 5.74) is 0.244. The lowest BCUT2D eigenvalue weighted by Crippen LogP contribution is -2.29. The fourth-order valence-corrected chi connectivity index (χ4v) is 3.68. The molecule has 1 aromatic carbocycles. The maximum Gasteiger partial charge on any atom is 0.254 e. The molecule has 1 unspecified atom stereocenters. The lowest BCUT2D eigenvalue weighted by Gasteiger charge is -2.13. The zero-order valence-corrected chi connectivity index (χ0v) is 15.5. The van der Waals surface area contributed by atoms with Crippen molar-refractivity contribution in [3.05, 3.63) is 59.8 Å². The lowest BCUT2D eigenvalue weighted by molar-refractivity contribution is 0.0934. The van der Waals surface area contributed by atoms with Crippen molar-refractivity contribution in [2.75, 3.05) is 6.54 Å². The Kier molecular flexibility index (Phi) is 5.19. The van der Waals surface area contributed by atoms with E-state index in [0.717, 1.165) is 18.2 Å². The van der Waals surface area contributed by atoms with E-state index in [1.54, 1.807) is 36.6 Å². The van der Waals surface area contributed by atoms with Gasteiger partial charge in [-0.05, 0) is 37.3 Å². The minimum atomic E-state index is -3.81. The van der Waals surface area contributed by atoms with Crippen LogP contribution in [0.1, 0.15) is 36.1 Å². The number of hydrogen-bond acceptors (Lipinski definition) is 5. The van der Waals surface area contributed by atoms with Gasteiger partial charge in [-0.25, -0.2) is 17.5 Å². The molecule has 0 bridgehead atoms. The second-order valence-corrected chi connectivity index (χ2v) is 7.59. The number of sulfonamides is 1. The third-order valence-corrected chi connectivity index (χ3v) is 5.45. The summed E-state index contributed by atoms with van der Waals surface area (Å²) in [4.78, 5) is 12.3. The van der Waals surface area contributed by atoms with E-state index in [1.165, 1.54) is 0 Å². The second kappa shape index (κ2) is 7.41. The molecule has 0 radical (unpaired) electrons. The molecule has 3 rings (SSSR count). The predicted octanol–water partition coefficient (Wildman–Crippen LogP) is 1.66. The third kappa shape index (κ3) is 3.81. The Labute approximate surface area is 155 Å². The van der Waals surface area contributed by atoms with Gasteiger partial charge in [-0.15, -0.1) is 10.2 Å². The number of nitrogens with one attached hydrogen (secondary N) is 2. The Morgan fingerprint density at radius 3 is 2.78 bits per heavy atom. The van der Waals surface area contributed by atoms with Crippen molar-refractivity contribution in [2.24, 2.45) is 0 Å². The van der Waals surface area contributed by atoms with E-state index < -0.39 is 27.8 Å². The average molecular weight is 391 g/mol. The number of benzene rings is 1. The molecule has 1 atom stereocenters. The fraction of sp³-hybridized carbons (Fsp3) is 0.235. The summed E-state index contributed by atoms with van der Waals surface area (Å²) >= 11 is 0. The minimum absolute atomic E-state index is 0.179. The van der Waals surface area contributed by atoms with Gasteiger partial charge in [-0.3, -0.25) is 9.20 Å². The largest absolute Gasteiger partial charge is 0.342 e. The first-order chi connectivity index (χ1) is 12.8. The highest BCUT2D eigenvalue weighted by atomic mass is 32.2. The number of aromatic nitrogens is 3. The van der Waals surface area contributed by atoms with Crippen LogP contribution in [0.15, 0.2) is 47.5 Å². The van der Waals surface area contributed by atoms with Crippen LogP contribution < -0.4 is 10.0 Å². The van der Waals surface area contributed by atoms with Gasteiger partial charge in [0, 0.05) is 12.7 Å². The molecule has 142 valence electrons. The molecule has 0 aliphatic heterocycles. The van der Waals surface area contributed by atoms with Crippen molar-refractivity contribution in [1.82, 2.24) is 24.6 Å². The molecule has 0 spiro atoms. The Balaban J connectivity index is 1.87. The van der Waals surface area contributed by atoms with Crippen LogP contribution in [-0.2, 0) is 10.0 Å². The highest BCUT2D eigenvalue weighted by molar-refractivity contribution is 7.89. The normalized spacial score (nSPS) is 12.9. The summed E-state index contributed by atoms with van der Waals surface area (Å²) < 4.78 is 42.3. The molecular weight excluding hydrogens is 373 g/mol. The summed E-state index contributed by atoms with van der Waals surface area (Å²) in [6.45, 7) is 3.48. The molecule has 0 saturated carbocycles. The van der Waals surface area contributed by atoms with E-state index in [0.29, 0.717) is 11.5 Å². The van der Waals surface area contributed by atoms with Crippen LogP contribution in [-0.4, -0.2) is 35.5 Å². The van der Waals surface area contributed by atoms with Crippen molar-refractivity contribution < 1.29 is 17.6 Å². The van der Waals surface area contributed by atoms with Crippen molar-refractivity contribution in [2.45, 2.75) is 24.8 Å². The molecule has 27 heavy (non-hydrogen) atoms. The van der Waals surface area contributed by atoms with E-state index in [9.17, 15) is 17.6 Å². The topological polar surface area (TPSA) is 105 Å². The average Bonchev–Trinajstić information content (AvgIpc) is 3.06. The number of carbonyl (C=O) groups is 1. The first-order valence-electron chi connectivity index (χ1n) is 8.23. The summed E-state index contributed by atoms with van der Waals surface area (Å²) in [5, 5.41) is 10.7. The number of halogens is 1. The quantitative estimate of drug-likeness (QED) is 0.665. The Hall–Kier alpha value is -2.85. The van der Waals surface area contributed by atoms with Crippen molar-refractivity contribution in [3.8, 4) is 0 Å². The van der Waals surface area contributed by atoms with Gasteiger partial charge in [0.1, 0.15) is 5.82 Å². The van der Waals surface area contributed by atoms with Gasteiger partial charge in [0.15, 0.2) is 11.5 Å². The number of amides is 1. The number of carbonyl (C=O) groups excluding carboxylic acids is 1. The van der Waals surface area contributed by atoms with E-state index in [2.05, 4.69) is 20.2 Å². The zero-order chi connectivity index (χ0) is 19.6. The first kappa shape index (κ1) is 18.9. The summed E-state index contributed by atoms with van der Waals surface area (Å²) in [5.74, 6) is -1.10. The van der Waals surface area contributed by atoms with Crippen LogP contribution in [0.4, 0.5) is 4.39 Å². The van der Waals surface area contributed by atoms with E-state index in [1.807, 2.05) is 6.07 Å². The standard InChI is InChI=1S/C17H18FN5O3S/c1-3-19-27(25,26)12-7-8-14(18)13(10-12)17(24)20-11(2)16-22-21-15-6-4-5-9-23(15)16/h4-11,19H,3H2,1-2H3,(H,20,24). The zero-order valence-electron chi connectivity index (χ0n) is 14.7. The third-order valence-electron chi connectivity index (χ3n) is 3.90. The molecule has 0 fully saturated rings. The van der Waals surface area contributed by atoms with Crippen LogP contribution in [0.25, 0.3) is 5.65 Å². The first-order valence-corrected chi connectivity index (χ1v) is 9.71. The molecule has 2 heterocycles. The molecule has 8 nitrogen and oxygen atoms in total. The highest BCUT2D eigenvalue weighted by Crippen LogP contribution is 2.17. The molecule has 2 aromatic heterocycles. The molecular formula is C17H18FN5O3S. The summed E-state index contributed by atoms with van der Waals surface area (Å²) in [6.07, 6.45) is 1.75. The predicted molar refractivity (Wildman–Crippen MR) is 96.1 cm³/mol. The van der Waals surface area contributed by atoms with Gasteiger partial charge in [0.05, 0.1) is 16.5 Å². The van der Waals surface area contributed by atoms with E-state index in [4.69, 9.17) is 0 Å². The van der Waals surface area contributed by atoms with Gasteiger partial charge in [-0.2, -0.15) is 0 Å². The lowest BCUT2D eigenvalue weighted by atomic mass is 10.2. The monoisotopic (exact) mass is 391 g/mol. The van der Waals surface area contributed by atoms with Gasteiger partial charge in [0.2, 0.25) is 10.0 Å². The van der Waals surface area contributed by atoms with Gasteiger partial charge >= 0.3 is 0 Å². The van der Waals surface area contributed by atoms with E-state index >= 15 is 0 Å². The number of fused-ring (bicyclic) bond motifs is 1. The Morgan fingerprint density at radius 2 is 2.04 bits per heavy atom. The molecule has 1 amide bonds. The highest BCUT2D eigenvalue weighted by Gasteiger charge is 2.22. The maximum absolute atomic E-state index is 14.1. The van der Waals surface area contributed by atoms with Gasteiger partial charge < -0.3 is 5.32 Å². The van der Waals surface area contributed by atoms with E-state index in [-0.39, 0.29) is 17.0 Å². The van der Waals surface area contributed by atoms with Crippen molar-refractivity contribution in [3.63, 3.8) is 0 Å². The van der Waals surface area contributed by atoms with Gasteiger partial charge in [0.25, 0.3) is 5.91 Å². The number of rotatable bonds is 6. The van der Waals surface area contributed by atoms with Crippen LogP contribution in [0.5, 0.6) is 0 Å². The smallest absolute Gasteiger partial charge is 0.254 e. The van der Waals surface area contributed by atoms with Gasteiger partial charge in [-0.1, -0.05) is 13.0 Å². The molecule has 2 N–H and O–H groups in total. The SMILES string of the molecule is CCNS(=O)(=O)c1ccc(F)c(C(=O)NC(C)c2nnc3ccccn23)c1. The molecule has 10 heteroatoms. The molecule has 0 aliphatic rings. The summed E-state index contributed by atoms with van der Waals surface area (Å²) in [6, 6.07) is 7.86. The number of hydrogen-bond donors (Lipinski definition) is 2. The maximum atomic E-state index is 14.1. The summed E-state index contributed by atoms with van der Waals surface area (Å²) in [7, 11) is -3.81. The van der Waals surface area contributed by atoms with Crippen LogP contribution >= 0.6 is 0 Å². The second-order valence-electron chi connectivity index (χ2n) is 5.83. The van der Waals surface area contributed by atoms with Crippen LogP contribution in [0.3, 0.4) is 0 Å². The number of nitrogens with zero attached hydrogens (tertiary/aromatic N) is 3. The Bertz CT molecular complexity index is 1100. The molecule has 0 aliphatic carbocycles. The molecule has 0 saturated heterocycles. The number of pyridine rings is 1. The van der Waals surface area contributed by atoms with Crippen LogP contribution in [0.2, 0.25) is 0 Å². The Morgan fingerprint density at radius 1 is 1.26 bits per heavy atom. The molecule has 3 aromatic rings. The minimum Gasteiger partial charge on any atom is -0.342 e. The van der Waals surface area contributed by atoms with Crippen molar-refractivity contribution >= 4 is 21.6 Å². The fourth-order valence-electron chi connectivity index (χ4n) is 2.61.